The molecule has 6 bridgehead atoms. The van der Waals surface area contributed by atoms with Crippen LogP contribution in [0.3, 0.4) is 0 Å². The van der Waals surface area contributed by atoms with Crippen LogP contribution in [-0.4, -0.2) is 23.0 Å². The van der Waals surface area contributed by atoms with Gasteiger partial charge in [0.15, 0.2) is 5.60 Å². The van der Waals surface area contributed by atoms with Crippen molar-refractivity contribution in [2.24, 2.45) is 28.6 Å². The highest BCUT2D eigenvalue weighted by molar-refractivity contribution is 5.96. The predicted octanol–water partition coefficient (Wildman–Crippen LogP) is 3.19. The summed E-state index contributed by atoms with van der Waals surface area (Å²) >= 11 is 0. The fraction of sp³-hybridized carbons (Fsp3) is 0.900. The molecular formula is C20H29NO3. The van der Waals surface area contributed by atoms with E-state index in [9.17, 15) is 9.59 Å². The Hall–Kier alpha value is -1.06. The molecule has 6 rings (SSSR count). The summed E-state index contributed by atoms with van der Waals surface area (Å²) in [5.74, 6) is 2.19. The van der Waals surface area contributed by atoms with Gasteiger partial charge in [-0.3, -0.25) is 9.59 Å². The number of carbonyl (C=O) groups excluding carboxylic acids is 2. The number of fused-ring (bicyclic) bond motifs is 2. The molecule has 5 aliphatic carbocycles. The van der Waals surface area contributed by atoms with Crippen LogP contribution in [0.1, 0.15) is 72.1 Å². The molecule has 1 aliphatic heterocycles. The Morgan fingerprint density at radius 1 is 1.00 bits per heavy atom. The molecule has 5 saturated carbocycles. The first kappa shape index (κ1) is 15.2. The summed E-state index contributed by atoms with van der Waals surface area (Å²) in [6.45, 7) is 6.07. The zero-order valence-electron chi connectivity index (χ0n) is 15.1. The minimum absolute atomic E-state index is 0.0102. The number of hydrogen-bond donors (Lipinski definition) is 1. The summed E-state index contributed by atoms with van der Waals surface area (Å²) in [4.78, 5) is 25.9. The van der Waals surface area contributed by atoms with Crippen molar-refractivity contribution in [3.05, 3.63) is 0 Å². The smallest absolute Gasteiger partial charge is 0.313 e. The average Bonchev–Trinajstić information content (AvgIpc) is 2.75. The van der Waals surface area contributed by atoms with E-state index in [4.69, 9.17) is 4.74 Å². The fourth-order valence-corrected chi connectivity index (χ4v) is 7.35. The monoisotopic (exact) mass is 331 g/mol. The van der Waals surface area contributed by atoms with Crippen LogP contribution in [0.5, 0.6) is 0 Å². The largest absolute Gasteiger partial charge is 0.448 e. The van der Waals surface area contributed by atoms with Crippen molar-refractivity contribution >= 4 is 11.9 Å². The zero-order chi connectivity index (χ0) is 17.0. The Morgan fingerprint density at radius 2 is 1.54 bits per heavy atom. The summed E-state index contributed by atoms with van der Waals surface area (Å²) in [6, 6.07) is 0. The van der Waals surface area contributed by atoms with E-state index in [1.807, 2.05) is 20.8 Å². The summed E-state index contributed by atoms with van der Waals surface area (Å²) in [7, 11) is 0. The molecule has 6 fully saturated rings. The van der Waals surface area contributed by atoms with Gasteiger partial charge < -0.3 is 10.1 Å². The Balaban J connectivity index is 1.45. The topological polar surface area (TPSA) is 55.4 Å². The van der Waals surface area contributed by atoms with E-state index >= 15 is 0 Å². The molecule has 0 aromatic carbocycles. The van der Waals surface area contributed by atoms with Gasteiger partial charge in [0.2, 0.25) is 0 Å². The first-order valence-electron chi connectivity index (χ1n) is 9.76. The third-order valence-electron chi connectivity index (χ3n) is 8.87. The number of esters is 1. The van der Waals surface area contributed by atoms with E-state index in [1.54, 1.807) is 0 Å². The minimum atomic E-state index is -0.956. The first-order valence-corrected chi connectivity index (χ1v) is 9.76. The van der Waals surface area contributed by atoms with Crippen LogP contribution in [-0.2, 0) is 14.3 Å². The normalized spacial score (nSPS) is 53.3. The molecule has 4 heteroatoms. The Kier molecular flexibility index (Phi) is 2.65. The molecule has 0 aromatic rings. The molecule has 0 radical (unpaired) electrons. The number of rotatable bonds is 2. The molecule has 1 N–H and O–H groups in total. The molecule has 1 amide bonds. The Labute approximate surface area is 144 Å². The summed E-state index contributed by atoms with van der Waals surface area (Å²) in [6.07, 6.45) is 8.90. The number of carbonyl (C=O) groups is 2. The molecular weight excluding hydrogens is 302 g/mol. The Bertz CT molecular complexity index is 604. The standard InChI is InChI=1S/C20H29NO3/c1-17(2)18(3)4-5-20(17,24-16(18)23)15(22)21-19-9-12-6-13(10-19)8-14(7-12)11-19/h12-14H,4-11H2,1-3H3,(H,21,22)/t12?,13?,14?,18-,19?,20-/m0/s1. The lowest BCUT2D eigenvalue weighted by Gasteiger charge is -2.57. The molecule has 0 aromatic heterocycles. The first-order chi connectivity index (χ1) is 11.2. The number of hydrogen-bond acceptors (Lipinski definition) is 3. The van der Waals surface area contributed by atoms with Crippen molar-refractivity contribution in [3.8, 4) is 0 Å². The second kappa shape index (κ2) is 4.19. The second-order valence-corrected chi connectivity index (χ2v) is 10.3. The van der Waals surface area contributed by atoms with Gasteiger partial charge in [-0.05, 0) is 76.0 Å². The van der Waals surface area contributed by atoms with Gasteiger partial charge in [-0.1, -0.05) is 13.8 Å². The van der Waals surface area contributed by atoms with Crippen LogP contribution in [0.15, 0.2) is 0 Å². The SMILES string of the molecule is CC1(C)[C@@]2(C)CC[C@@]1(C(=O)NC13CC4CC(CC(C4)C1)C3)OC2=O. The molecule has 1 saturated heterocycles. The van der Waals surface area contributed by atoms with E-state index in [2.05, 4.69) is 5.32 Å². The molecule has 0 unspecified atom stereocenters. The minimum Gasteiger partial charge on any atom is -0.448 e. The molecule has 1 heterocycles. The lowest BCUT2D eigenvalue weighted by Crippen LogP contribution is -2.65. The van der Waals surface area contributed by atoms with Crippen molar-refractivity contribution in [2.45, 2.75) is 83.3 Å². The molecule has 24 heavy (non-hydrogen) atoms. The van der Waals surface area contributed by atoms with Gasteiger partial charge >= 0.3 is 5.97 Å². The maximum atomic E-state index is 13.4. The second-order valence-electron chi connectivity index (χ2n) is 10.3. The van der Waals surface area contributed by atoms with Crippen LogP contribution >= 0.6 is 0 Å². The van der Waals surface area contributed by atoms with Crippen molar-refractivity contribution < 1.29 is 14.3 Å². The third-order valence-corrected chi connectivity index (χ3v) is 8.87. The molecule has 132 valence electrons. The van der Waals surface area contributed by atoms with Crippen LogP contribution in [0, 0.1) is 28.6 Å². The van der Waals surface area contributed by atoms with Crippen molar-refractivity contribution in [1.29, 1.82) is 0 Å². The lowest BCUT2D eigenvalue weighted by molar-refractivity contribution is -0.170. The van der Waals surface area contributed by atoms with Crippen molar-refractivity contribution in [3.63, 3.8) is 0 Å². The van der Waals surface area contributed by atoms with Gasteiger partial charge in [-0.2, -0.15) is 0 Å². The van der Waals surface area contributed by atoms with Crippen molar-refractivity contribution in [2.75, 3.05) is 0 Å². The highest BCUT2D eigenvalue weighted by Crippen LogP contribution is 2.66. The number of nitrogens with one attached hydrogen (secondary N) is 1. The summed E-state index contributed by atoms with van der Waals surface area (Å²) < 4.78 is 5.79. The van der Waals surface area contributed by atoms with Gasteiger partial charge in [0.05, 0.1) is 5.41 Å². The summed E-state index contributed by atoms with van der Waals surface area (Å²) in [5, 5.41) is 3.46. The van der Waals surface area contributed by atoms with Gasteiger partial charge in [0.25, 0.3) is 5.91 Å². The van der Waals surface area contributed by atoms with Crippen LogP contribution < -0.4 is 5.32 Å². The van der Waals surface area contributed by atoms with Crippen LogP contribution in [0.4, 0.5) is 0 Å². The average molecular weight is 331 g/mol. The highest BCUT2D eigenvalue weighted by Gasteiger charge is 2.76. The fourth-order valence-electron chi connectivity index (χ4n) is 7.35. The van der Waals surface area contributed by atoms with Crippen LogP contribution in [0.2, 0.25) is 0 Å². The predicted molar refractivity (Wildman–Crippen MR) is 89.0 cm³/mol. The third kappa shape index (κ3) is 1.56. The number of ether oxygens (including phenoxy) is 1. The van der Waals surface area contributed by atoms with E-state index in [0.29, 0.717) is 6.42 Å². The van der Waals surface area contributed by atoms with E-state index in [1.165, 1.54) is 19.3 Å². The molecule has 6 aliphatic rings. The van der Waals surface area contributed by atoms with E-state index in [-0.39, 0.29) is 17.4 Å². The highest BCUT2D eigenvalue weighted by atomic mass is 16.6. The number of amides is 1. The summed E-state index contributed by atoms with van der Waals surface area (Å²) in [5.41, 5.74) is -1.94. The van der Waals surface area contributed by atoms with Gasteiger partial charge in [0, 0.05) is 11.0 Å². The molecule has 2 atom stereocenters. The molecule has 4 nitrogen and oxygen atoms in total. The van der Waals surface area contributed by atoms with E-state index in [0.717, 1.165) is 43.4 Å². The van der Waals surface area contributed by atoms with Gasteiger partial charge in [-0.15, -0.1) is 0 Å². The maximum absolute atomic E-state index is 13.4. The Morgan fingerprint density at radius 3 is 1.96 bits per heavy atom. The zero-order valence-corrected chi connectivity index (χ0v) is 15.1. The van der Waals surface area contributed by atoms with Crippen LogP contribution in [0.25, 0.3) is 0 Å². The lowest BCUT2D eigenvalue weighted by atomic mass is 9.53. The van der Waals surface area contributed by atoms with Gasteiger partial charge in [0.1, 0.15) is 0 Å². The van der Waals surface area contributed by atoms with E-state index < -0.39 is 16.4 Å². The quantitative estimate of drug-likeness (QED) is 0.791. The van der Waals surface area contributed by atoms with Crippen molar-refractivity contribution in [1.82, 2.24) is 5.32 Å². The molecule has 0 spiro atoms. The maximum Gasteiger partial charge on any atom is 0.313 e. The van der Waals surface area contributed by atoms with Gasteiger partial charge in [-0.25, -0.2) is 0 Å².